The summed E-state index contributed by atoms with van der Waals surface area (Å²) in [6.45, 7) is 0. The van der Waals surface area contributed by atoms with Gasteiger partial charge in [0.1, 0.15) is 0 Å². The van der Waals surface area contributed by atoms with Gasteiger partial charge in [-0.25, -0.2) is 9.59 Å². The molecular formula is C16H12O4. The average molecular weight is 268 g/mol. The molecule has 1 fully saturated rings. The van der Waals surface area contributed by atoms with Crippen molar-refractivity contribution < 1.29 is 19.1 Å². The highest BCUT2D eigenvalue weighted by Gasteiger charge is 2.40. The molecule has 20 heavy (non-hydrogen) atoms. The summed E-state index contributed by atoms with van der Waals surface area (Å²) in [4.78, 5) is 22.9. The Kier molecular flexibility index (Phi) is 3.21. The lowest BCUT2D eigenvalue weighted by molar-refractivity contribution is -0.196. The monoisotopic (exact) mass is 268 g/mol. The van der Waals surface area contributed by atoms with Crippen molar-refractivity contribution in [1.82, 2.24) is 0 Å². The van der Waals surface area contributed by atoms with Crippen LogP contribution in [-0.2, 0) is 19.1 Å². The van der Waals surface area contributed by atoms with E-state index >= 15 is 0 Å². The lowest BCUT2D eigenvalue weighted by atomic mass is 9.97. The van der Waals surface area contributed by atoms with Gasteiger partial charge in [-0.05, 0) is 11.1 Å². The minimum atomic E-state index is -0.953. The number of benzene rings is 2. The maximum atomic E-state index is 11.5. The highest BCUT2D eigenvalue weighted by atomic mass is 16.6. The fourth-order valence-electron chi connectivity index (χ4n) is 2.22. The normalized spacial score (nSPS) is 22.0. The topological polar surface area (TPSA) is 52.6 Å². The predicted octanol–water partition coefficient (Wildman–Crippen LogP) is 2.57. The van der Waals surface area contributed by atoms with Crippen LogP contribution in [0.1, 0.15) is 23.3 Å². The first-order valence-corrected chi connectivity index (χ1v) is 6.27. The molecule has 1 heterocycles. The van der Waals surface area contributed by atoms with Gasteiger partial charge in [-0.15, -0.1) is 0 Å². The summed E-state index contributed by atoms with van der Waals surface area (Å²) in [5, 5.41) is 0. The van der Waals surface area contributed by atoms with E-state index in [4.69, 9.17) is 9.47 Å². The van der Waals surface area contributed by atoms with Crippen LogP contribution in [0.3, 0.4) is 0 Å². The first-order chi connectivity index (χ1) is 9.75. The Morgan fingerprint density at radius 2 is 0.950 bits per heavy atom. The smallest absolute Gasteiger partial charge is 0.418 e. The maximum absolute atomic E-state index is 11.5. The molecule has 2 aromatic rings. The molecule has 0 aliphatic carbocycles. The Balaban J connectivity index is 2.00. The van der Waals surface area contributed by atoms with Crippen LogP contribution in [-0.4, -0.2) is 11.9 Å². The van der Waals surface area contributed by atoms with Gasteiger partial charge in [0.05, 0.1) is 0 Å². The molecule has 0 bridgehead atoms. The summed E-state index contributed by atoms with van der Waals surface area (Å²) in [7, 11) is 0. The largest absolute Gasteiger partial charge is 0.445 e. The molecule has 0 unspecified atom stereocenters. The lowest BCUT2D eigenvalue weighted by Gasteiger charge is -2.30. The van der Waals surface area contributed by atoms with Crippen molar-refractivity contribution >= 4 is 11.9 Å². The van der Waals surface area contributed by atoms with Gasteiger partial charge >= 0.3 is 11.9 Å². The van der Waals surface area contributed by atoms with Crippen LogP contribution in [0, 0.1) is 0 Å². The van der Waals surface area contributed by atoms with Gasteiger partial charge in [-0.3, -0.25) is 0 Å². The average Bonchev–Trinajstić information content (AvgIpc) is 2.51. The number of ether oxygens (including phenoxy) is 2. The van der Waals surface area contributed by atoms with E-state index in [0.717, 1.165) is 11.1 Å². The van der Waals surface area contributed by atoms with Crippen molar-refractivity contribution in [3.63, 3.8) is 0 Å². The Morgan fingerprint density at radius 1 is 0.600 bits per heavy atom. The molecule has 0 spiro atoms. The van der Waals surface area contributed by atoms with Crippen molar-refractivity contribution in [2.75, 3.05) is 0 Å². The van der Waals surface area contributed by atoms with Crippen LogP contribution >= 0.6 is 0 Å². The predicted molar refractivity (Wildman–Crippen MR) is 70.6 cm³/mol. The Labute approximate surface area is 115 Å². The molecule has 4 nitrogen and oxygen atoms in total. The van der Waals surface area contributed by atoms with E-state index in [2.05, 4.69) is 0 Å². The van der Waals surface area contributed by atoms with E-state index in [1.807, 2.05) is 60.7 Å². The number of cyclic esters (lactones) is 2. The van der Waals surface area contributed by atoms with Gasteiger partial charge in [0.25, 0.3) is 0 Å². The Hall–Kier alpha value is -2.62. The van der Waals surface area contributed by atoms with E-state index in [1.165, 1.54) is 0 Å². The van der Waals surface area contributed by atoms with E-state index < -0.39 is 24.1 Å². The maximum Gasteiger partial charge on any atom is 0.418 e. The number of carbonyl (C=O) groups excluding carboxylic acids is 2. The van der Waals surface area contributed by atoms with Gasteiger partial charge in [0.2, 0.25) is 0 Å². The minimum Gasteiger partial charge on any atom is -0.445 e. The van der Waals surface area contributed by atoms with Crippen LogP contribution in [0.5, 0.6) is 0 Å². The summed E-state index contributed by atoms with van der Waals surface area (Å²) in [5.41, 5.74) is 1.59. The van der Waals surface area contributed by atoms with Gasteiger partial charge in [0, 0.05) is 0 Å². The summed E-state index contributed by atoms with van der Waals surface area (Å²) in [6, 6.07) is 18.5. The zero-order valence-electron chi connectivity index (χ0n) is 10.6. The van der Waals surface area contributed by atoms with E-state index in [-0.39, 0.29) is 0 Å². The number of hydrogen-bond donors (Lipinski definition) is 0. The standard InChI is InChI=1S/C16H12O4/c17-15-16(18)20-14(12-9-5-2-6-10-12)13(19-15)11-7-3-1-4-8-11/h1-10,13-14H/t13-,14-/m0/s1. The van der Waals surface area contributed by atoms with Gasteiger partial charge in [-0.2, -0.15) is 0 Å². The highest BCUT2D eigenvalue weighted by molar-refractivity contribution is 6.30. The molecule has 4 heteroatoms. The highest BCUT2D eigenvalue weighted by Crippen LogP contribution is 2.38. The van der Waals surface area contributed by atoms with Crippen molar-refractivity contribution in [1.29, 1.82) is 0 Å². The van der Waals surface area contributed by atoms with Crippen LogP contribution < -0.4 is 0 Å². The zero-order valence-corrected chi connectivity index (χ0v) is 10.6. The molecule has 2 atom stereocenters. The second kappa shape index (κ2) is 5.17. The minimum absolute atomic E-state index is 0.621. The Bertz CT molecular complexity index is 564. The van der Waals surface area contributed by atoms with E-state index in [0.29, 0.717) is 0 Å². The zero-order chi connectivity index (χ0) is 13.9. The van der Waals surface area contributed by atoms with Gasteiger partial charge in [0.15, 0.2) is 12.2 Å². The van der Waals surface area contributed by atoms with Gasteiger partial charge < -0.3 is 9.47 Å². The number of esters is 2. The third-order valence-electron chi connectivity index (χ3n) is 3.17. The quantitative estimate of drug-likeness (QED) is 0.620. The molecule has 0 saturated carbocycles. The second-order valence-electron chi connectivity index (χ2n) is 4.47. The number of hydrogen-bond acceptors (Lipinski definition) is 4. The molecular weight excluding hydrogens is 256 g/mol. The third-order valence-corrected chi connectivity index (χ3v) is 3.17. The SMILES string of the molecule is O=C1O[C@@H](c2ccccc2)[C@H](c2ccccc2)OC1=O. The van der Waals surface area contributed by atoms with Crippen LogP contribution in [0.15, 0.2) is 60.7 Å². The molecule has 0 N–H and O–H groups in total. The molecule has 0 aromatic heterocycles. The van der Waals surface area contributed by atoms with Crippen LogP contribution in [0.25, 0.3) is 0 Å². The fraction of sp³-hybridized carbons (Fsp3) is 0.125. The first-order valence-electron chi connectivity index (χ1n) is 6.27. The third kappa shape index (κ3) is 2.28. The molecule has 2 aromatic carbocycles. The summed E-state index contributed by atoms with van der Waals surface area (Å²) >= 11 is 0. The molecule has 0 radical (unpaired) electrons. The summed E-state index contributed by atoms with van der Waals surface area (Å²) in [5.74, 6) is -1.91. The molecule has 100 valence electrons. The van der Waals surface area contributed by atoms with Gasteiger partial charge in [-0.1, -0.05) is 60.7 Å². The summed E-state index contributed by atoms with van der Waals surface area (Å²) < 4.78 is 10.5. The van der Waals surface area contributed by atoms with Crippen molar-refractivity contribution in [2.45, 2.75) is 12.2 Å². The molecule has 3 rings (SSSR count). The second-order valence-corrected chi connectivity index (χ2v) is 4.47. The van der Waals surface area contributed by atoms with Crippen molar-refractivity contribution in [3.8, 4) is 0 Å². The molecule has 1 aliphatic heterocycles. The molecule has 0 amide bonds. The van der Waals surface area contributed by atoms with Crippen LogP contribution in [0.4, 0.5) is 0 Å². The van der Waals surface area contributed by atoms with E-state index in [1.54, 1.807) is 0 Å². The summed E-state index contributed by atoms with van der Waals surface area (Å²) in [6.07, 6.45) is -1.24. The number of rotatable bonds is 2. The van der Waals surface area contributed by atoms with E-state index in [9.17, 15) is 9.59 Å². The number of carbonyl (C=O) groups is 2. The lowest BCUT2D eigenvalue weighted by Crippen LogP contribution is -2.34. The molecule has 1 aliphatic rings. The van der Waals surface area contributed by atoms with Crippen molar-refractivity contribution in [2.24, 2.45) is 0 Å². The molecule has 1 saturated heterocycles. The first kappa shape index (κ1) is 12.4. The Morgan fingerprint density at radius 3 is 1.30 bits per heavy atom. The van der Waals surface area contributed by atoms with Crippen molar-refractivity contribution in [3.05, 3.63) is 71.8 Å². The van der Waals surface area contributed by atoms with Crippen LogP contribution in [0.2, 0.25) is 0 Å². The fourth-order valence-corrected chi connectivity index (χ4v) is 2.22.